The molecule has 2 aromatic rings. The van der Waals surface area contributed by atoms with Crippen LogP contribution in [0.1, 0.15) is 31.3 Å². The van der Waals surface area contributed by atoms with Crippen molar-refractivity contribution in [1.82, 2.24) is 4.57 Å². The van der Waals surface area contributed by atoms with Crippen LogP contribution in [0, 0.1) is 0 Å². The van der Waals surface area contributed by atoms with Crippen molar-refractivity contribution in [3.63, 3.8) is 0 Å². The first-order valence-electron chi connectivity index (χ1n) is 6.37. The lowest BCUT2D eigenvalue weighted by molar-refractivity contribution is 0.0490. The quantitative estimate of drug-likeness (QED) is 0.750. The number of hydrogen-bond donors (Lipinski definition) is 0. The average Bonchev–Trinajstić information content (AvgIpc) is 2.70. The summed E-state index contributed by atoms with van der Waals surface area (Å²) < 4.78 is 11.2. The van der Waals surface area contributed by atoms with Gasteiger partial charge in [-0.3, -0.25) is 0 Å². The largest absolute Gasteiger partial charge is 0.464 e. The molecule has 5 nitrogen and oxygen atoms in total. The smallest absolute Gasteiger partial charge is 0.419 e. The van der Waals surface area contributed by atoms with Crippen LogP contribution in [-0.2, 0) is 9.47 Å². The van der Waals surface area contributed by atoms with E-state index < -0.39 is 17.7 Å². The lowest BCUT2D eigenvalue weighted by Crippen LogP contribution is -2.29. The van der Waals surface area contributed by atoms with Crippen molar-refractivity contribution in [1.29, 1.82) is 0 Å². The van der Waals surface area contributed by atoms with Crippen molar-refractivity contribution in [3.8, 4) is 0 Å². The van der Waals surface area contributed by atoms with Crippen LogP contribution in [0.15, 0.2) is 24.3 Å². The summed E-state index contributed by atoms with van der Waals surface area (Å²) in [6, 6.07) is 6.94. The molecule has 0 atom stereocenters. The first-order chi connectivity index (χ1) is 9.76. The highest BCUT2D eigenvalue weighted by molar-refractivity contribution is 6.39. The van der Waals surface area contributed by atoms with E-state index in [1.54, 1.807) is 45.0 Å². The third kappa shape index (κ3) is 2.88. The van der Waals surface area contributed by atoms with Gasteiger partial charge in [0.2, 0.25) is 0 Å². The number of benzene rings is 1. The Hall–Kier alpha value is -2.01. The van der Waals surface area contributed by atoms with Gasteiger partial charge in [-0.25, -0.2) is 14.2 Å². The predicted octanol–water partition coefficient (Wildman–Crippen LogP) is 3.86. The van der Waals surface area contributed by atoms with Crippen LogP contribution in [0.3, 0.4) is 0 Å². The number of ether oxygens (including phenoxy) is 2. The van der Waals surface area contributed by atoms with E-state index >= 15 is 0 Å². The van der Waals surface area contributed by atoms with Gasteiger partial charge in [0.25, 0.3) is 0 Å². The maximum Gasteiger partial charge on any atom is 0.419 e. The maximum atomic E-state index is 12.4. The highest BCUT2D eigenvalue weighted by Gasteiger charge is 2.28. The Morgan fingerprint density at radius 2 is 1.81 bits per heavy atom. The Morgan fingerprint density at radius 3 is 2.38 bits per heavy atom. The molecule has 0 aliphatic carbocycles. The molecule has 21 heavy (non-hydrogen) atoms. The molecule has 0 aliphatic heterocycles. The summed E-state index contributed by atoms with van der Waals surface area (Å²) in [6.45, 7) is 5.24. The van der Waals surface area contributed by atoms with E-state index in [2.05, 4.69) is 0 Å². The van der Waals surface area contributed by atoms with Gasteiger partial charge in [0.1, 0.15) is 5.60 Å². The molecule has 0 amide bonds. The highest BCUT2D eigenvalue weighted by Crippen LogP contribution is 2.31. The number of fused-ring (bicyclic) bond motifs is 1. The number of hydrogen-bond acceptors (Lipinski definition) is 4. The minimum absolute atomic E-state index is 0.0328. The van der Waals surface area contributed by atoms with Crippen LogP contribution in [-0.4, -0.2) is 29.3 Å². The van der Waals surface area contributed by atoms with Crippen LogP contribution >= 0.6 is 11.6 Å². The number of halogens is 1. The fraction of sp³-hybridized carbons (Fsp3) is 0.333. The second-order valence-electron chi connectivity index (χ2n) is 5.49. The van der Waals surface area contributed by atoms with Crippen molar-refractivity contribution in [3.05, 3.63) is 35.0 Å². The Bertz CT molecular complexity index is 712. The molecule has 0 radical (unpaired) electrons. The summed E-state index contributed by atoms with van der Waals surface area (Å²) in [6.07, 6.45) is -0.675. The zero-order valence-electron chi connectivity index (χ0n) is 12.3. The van der Waals surface area contributed by atoms with E-state index in [1.165, 1.54) is 7.11 Å². The van der Waals surface area contributed by atoms with E-state index in [4.69, 9.17) is 21.1 Å². The Labute approximate surface area is 127 Å². The van der Waals surface area contributed by atoms with Crippen molar-refractivity contribution < 1.29 is 19.1 Å². The van der Waals surface area contributed by atoms with Crippen molar-refractivity contribution in [2.75, 3.05) is 7.11 Å². The van der Waals surface area contributed by atoms with Crippen molar-refractivity contribution in [2.45, 2.75) is 26.4 Å². The number of para-hydroxylation sites is 1. The molecule has 0 bridgehead atoms. The molecule has 0 aliphatic rings. The molecule has 0 spiro atoms. The Morgan fingerprint density at radius 1 is 1.19 bits per heavy atom. The second-order valence-corrected chi connectivity index (χ2v) is 5.87. The molecule has 1 aromatic heterocycles. The number of methoxy groups -OCH3 is 1. The third-order valence-electron chi connectivity index (χ3n) is 2.77. The number of rotatable bonds is 1. The van der Waals surface area contributed by atoms with Gasteiger partial charge < -0.3 is 9.47 Å². The Kier molecular flexibility index (Phi) is 3.96. The minimum atomic E-state index is -0.693. The van der Waals surface area contributed by atoms with Crippen LogP contribution in [0.5, 0.6) is 0 Å². The lowest BCUT2D eigenvalue weighted by Gasteiger charge is -2.20. The maximum absolute atomic E-state index is 12.4. The van der Waals surface area contributed by atoms with E-state index in [-0.39, 0.29) is 10.7 Å². The van der Waals surface area contributed by atoms with Gasteiger partial charge >= 0.3 is 12.1 Å². The number of nitrogens with zero attached hydrogens (tertiary/aromatic N) is 1. The fourth-order valence-electron chi connectivity index (χ4n) is 1.98. The van der Waals surface area contributed by atoms with Gasteiger partial charge in [0.05, 0.1) is 17.6 Å². The zero-order valence-corrected chi connectivity index (χ0v) is 13.0. The monoisotopic (exact) mass is 309 g/mol. The summed E-state index contributed by atoms with van der Waals surface area (Å²) >= 11 is 6.22. The van der Waals surface area contributed by atoms with Crippen LogP contribution in [0.2, 0.25) is 5.02 Å². The molecule has 0 fully saturated rings. The van der Waals surface area contributed by atoms with E-state index in [1.807, 2.05) is 0 Å². The van der Waals surface area contributed by atoms with Gasteiger partial charge in [-0.1, -0.05) is 29.8 Å². The minimum Gasteiger partial charge on any atom is -0.464 e. The molecule has 0 N–H and O–H groups in total. The fourth-order valence-corrected chi connectivity index (χ4v) is 2.30. The first-order valence-corrected chi connectivity index (χ1v) is 6.74. The molecule has 0 saturated heterocycles. The Balaban J connectivity index is 2.70. The molecular formula is C15H16ClNO4. The molecule has 0 saturated carbocycles. The van der Waals surface area contributed by atoms with Crippen LogP contribution in [0.25, 0.3) is 10.9 Å². The van der Waals surface area contributed by atoms with Crippen molar-refractivity contribution >= 4 is 34.6 Å². The first kappa shape index (κ1) is 15.4. The van der Waals surface area contributed by atoms with Crippen LogP contribution in [0.4, 0.5) is 4.79 Å². The molecular weight excluding hydrogens is 294 g/mol. The van der Waals surface area contributed by atoms with Crippen LogP contribution < -0.4 is 0 Å². The summed E-state index contributed by atoms with van der Waals surface area (Å²) in [4.78, 5) is 24.4. The van der Waals surface area contributed by atoms with E-state index in [0.717, 1.165) is 4.57 Å². The van der Waals surface area contributed by atoms with Gasteiger partial charge in [0.15, 0.2) is 5.69 Å². The summed E-state index contributed by atoms with van der Waals surface area (Å²) in [7, 11) is 1.23. The van der Waals surface area contributed by atoms with Gasteiger partial charge in [-0.05, 0) is 26.8 Å². The summed E-state index contributed by atoms with van der Waals surface area (Å²) in [5.74, 6) is -0.693. The standard InChI is InChI=1S/C15H16ClNO4/c1-15(2,3)21-14(19)17-10-8-6-5-7-9(10)11(16)12(17)13(18)20-4/h5-8H,1-4H3. The molecule has 6 heteroatoms. The second kappa shape index (κ2) is 5.41. The number of aromatic nitrogens is 1. The molecule has 2 rings (SSSR count). The zero-order chi connectivity index (χ0) is 15.8. The SMILES string of the molecule is COC(=O)c1c(Cl)c2ccccc2n1C(=O)OC(C)(C)C. The highest BCUT2D eigenvalue weighted by atomic mass is 35.5. The van der Waals surface area contributed by atoms with E-state index in [0.29, 0.717) is 10.9 Å². The molecule has 1 aromatic carbocycles. The topological polar surface area (TPSA) is 57.5 Å². The summed E-state index contributed by atoms with van der Waals surface area (Å²) in [5.41, 5.74) is -0.228. The van der Waals surface area contributed by atoms with E-state index in [9.17, 15) is 9.59 Å². The third-order valence-corrected chi connectivity index (χ3v) is 3.15. The number of carbonyl (C=O) groups excluding carboxylic acids is 2. The average molecular weight is 310 g/mol. The predicted molar refractivity (Wildman–Crippen MR) is 79.9 cm³/mol. The van der Waals surface area contributed by atoms with Gasteiger partial charge in [-0.15, -0.1) is 0 Å². The molecule has 0 unspecified atom stereocenters. The lowest BCUT2D eigenvalue weighted by atomic mass is 10.2. The number of esters is 1. The summed E-state index contributed by atoms with van der Waals surface area (Å²) in [5, 5.41) is 0.758. The number of carbonyl (C=O) groups is 2. The van der Waals surface area contributed by atoms with Gasteiger partial charge in [0, 0.05) is 5.39 Å². The molecule has 112 valence electrons. The molecule has 1 heterocycles. The van der Waals surface area contributed by atoms with Gasteiger partial charge in [-0.2, -0.15) is 0 Å². The van der Waals surface area contributed by atoms with Crippen molar-refractivity contribution in [2.24, 2.45) is 0 Å². The normalized spacial score (nSPS) is 11.5.